The molecule has 0 saturated heterocycles. The van der Waals surface area contributed by atoms with Crippen LogP contribution in [0.2, 0.25) is 0 Å². The fraction of sp³-hybridized carbons (Fsp3) is 0. The molecule has 0 fully saturated rings. The van der Waals surface area contributed by atoms with Gasteiger partial charge in [-0.05, 0) is 38.5 Å². The molecule has 2 N–H and O–H groups in total. The molecule has 7 heteroatoms. The van der Waals surface area contributed by atoms with Gasteiger partial charge in [-0.25, -0.2) is 14.8 Å². The number of carboxylic acid groups (broad SMARTS) is 1. The zero-order valence-corrected chi connectivity index (χ0v) is 9.33. The number of carbonyl (C=O) groups is 1. The molecule has 0 bridgehead atoms. The van der Waals surface area contributed by atoms with Crippen LogP contribution in [0.15, 0.2) is 10.8 Å². The summed E-state index contributed by atoms with van der Waals surface area (Å²) in [6.45, 7) is 0. The molecule has 0 aliphatic heterocycles. The summed E-state index contributed by atoms with van der Waals surface area (Å²) in [6, 6.07) is 0. The van der Waals surface area contributed by atoms with Crippen LogP contribution in [0, 0.1) is 3.70 Å². The van der Waals surface area contributed by atoms with Crippen LogP contribution in [-0.2, 0) is 0 Å². The van der Waals surface area contributed by atoms with Crippen LogP contribution in [0.25, 0.3) is 0 Å². The molecule has 1 aromatic rings. The average molecular weight is 344 g/mol. The van der Waals surface area contributed by atoms with Crippen LogP contribution in [0.4, 0.5) is 10.6 Å². The van der Waals surface area contributed by atoms with Crippen molar-refractivity contribution >= 4 is 50.4 Å². The van der Waals surface area contributed by atoms with Crippen molar-refractivity contribution in [2.45, 2.75) is 0 Å². The molecule has 0 saturated carbocycles. The van der Waals surface area contributed by atoms with Crippen LogP contribution in [-0.4, -0.2) is 21.2 Å². The van der Waals surface area contributed by atoms with E-state index in [-0.39, 0.29) is 5.82 Å². The molecule has 0 aliphatic rings. The Morgan fingerprint density at radius 2 is 2.42 bits per heavy atom. The lowest BCUT2D eigenvalue weighted by Gasteiger charge is -2.00. The van der Waals surface area contributed by atoms with E-state index in [1.165, 1.54) is 6.20 Å². The molecule has 0 aliphatic carbocycles. The first-order chi connectivity index (χ1) is 5.59. The van der Waals surface area contributed by atoms with E-state index in [0.29, 0.717) is 8.30 Å². The van der Waals surface area contributed by atoms with Crippen molar-refractivity contribution in [2.24, 2.45) is 0 Å². The molecule has 0 aromatic carbocycles. The summed E-state index contributed by atoms with van der Waals surface area (Å²) >= 11 is 5.00. The summed E-state index contributed by atoms with van der Waals surface area (Å²) in [6.07, 6.45) is 0.275. The third-order valence-electron chi connectivity index (χ3n) is 0.926. The van der Waals surface area contributed by atoms with Crippen molar-refractivity contribution in [1.29, 1.82) is 0 Å². The maximum atomic E-state index is 10.2. The van der Waals surface area contributed by atoms with Gasteiger partial charge in [0.2, 0.25) is 0 Å². The lowest BCUT2D eigenvalue weighted by molar-refractivity contribution is 0.209. The normalized spacial score (nSPS) is 9.50. The van der Waals surface area contributed by atoms with Crippen LogP contribution in [0.3, 0.4) is 0 Å². The molecule has 1 rings (SSSR count). The van der Waals surface area contributed by atoms with E-state index in [0.717, 1.165) is 0 Å². The summed E-state index contributed by atoms with van der Waals surface area (Å²) in [4.78, 5) is 18.0. The van der Waals surface area contributed by atoms with Crippen molar-refractivity contribution in [3.63, 3.8) is 0 Å². The molecular weight excluding hydrogens is 341 g/mol. The summed E-state index contributed by atoms with van der Waals surface area (Å²) < 4.78 is 1.08. The maximum absolute atomic E-state index is 10.2. The largest absolute Gasteiger partial charge is 0.465 e. The number of rotatable bonds is 1. The first-order valence-corrected chi connectivity index (χ1v) is 4.65. The molecule has 5 nitrogen and oxygen atoms in total. The lowest BCUT2D eigenvalue weighted by Crippen LogP contribution is -2.10. The highest BCUT2D eigenvalue weighted by Gasteiger charge is 2.05. The molecular formula is C5H3BrIN3O2. The highest BCUT2D eigenvalue weighted by Crippen LogP contribution is 2.15. The van der Waals surface area contributed by atoms with E-state index < -0.39 is 6.09 Å². The second-order valence-corrected chi connectivity index (χ2v) is 3.60. The summed E-state index contributed by atoms with van der Waals surface area (Å²) in [5.41, 5.74) is 0. The first-order valence-electron chi connectivity index (χ1n) is 2.77. The topological polar surface area (TPSA) is 75.1 Å². The van der Waals surface area contributed by atoms with Crippen LogP contribution >= 0.6 is 38.5 Å². The van der Waals surface area contributed by atoms with E-state index in [1.54, 1.807) is 0 Å². The van der Waals surface area contributed by atoms with Crippen molar-refractivity contribution in [3.8, 4) is 0 Å². The van der Waals surface area contributed by atoms with Crippen molar-refractivity contribution in [1.82, 2.24) is 9.97 Å². The molecule has 1 heterocycles. The Morgan fingerprint density at radius 3 is 2.92 bits per heavy atom. The Bertz CT molecular complexity index is 320. The van der Waals surface area contributed by atoms with Gasteiger partial charge in [-0.2, -0.15) is 0 Å². The number of halogens is 2. The molecule has 0 atom stereocenters. The van der Waals surface area contributed by atoms with Gasteiger partial charge in [0.25, 0.3) is 0 Å². The number of nitrogens with one attached hydrogen (secondary N) is 1. The van der Waals surface area contributed by atoms with Crippen LogP contribution in [0.5, 0.6) is 0 Å². The number of hydrogen-bond donors (Lipinski definition) is 2. The Labute approximate surface area is 89.9 Å². The third-order valence-corrected chi connectivity index (χ3v) is 2.06. The zero-order valence-electron chi connectivity index (χ0n) is 5.58. The molecule has 0 radical (unpaired) electrons. The highest BCUT2D eigenvalue weighted by atomic mass is 127. The van der Waals surface area contributed by atoms with Gasteiger partial charge in [0.15, 0.2) is 5.82 Å². The predicted molar refractivity (Wildman–Crippen MR) is 54.1 cm³/mol. The number of nitrogens with zero attached hydrogens (tertiary/aromatic N) is 2. The zero-order chi connectivity index (χ0) is 9.14. The van der Waals surface area contributed by atoms with Crippen LogP contribution < -0.4 is 5.32 Å². The van der Waals surface area contributed by atoms with Crippen molar-refractivity contribution in [3.05, 3.63) is 14.5 Å². The fourth-order valence-electron chi connectivity index (χ4n) is 0.532. The van der Waals surface area contributed by atoms with Gasteiger partial charge in [0, 0.05) is 0 Å². The minimum Gasteiger partial charge on any atom is -0.465 e. The van der Waals surface area contributed by atoms with E-state index >= 15 is 0 Å². The molecule has 0 spiro atoms. The number of anilines is 1. The second kappa shape index (κ2) is 3.99. The Balaban J connectivity index is 2.93. The van der Waals surface area contributed by atoms with Gasteiger partial charge in [-0.1, -0.05) is 0 Å². The van der Waals surface area contributed by atoms with E-state index in [2.05, 4.69) is 31.2 Å². The standard InChI is InChI=1S/C5H3BrIN3O2/c6-2-1-8-4(3(7)9-2)10-5(11)12/h1H,(H,8,10)(H,11,12). The minimum atomic E-state index is -1.15. The quantitative estimate of drug-likeness (QED) is 0.764. The second-order valence-electron chi connectivity index (χ2n) is 1.76. The number of aromatic nitrogens is 2. The smallest absolute Gasteiger partial charge is 0.410 e. The molecule has 0 unspecified atom stereocenters. The fourth-order valence-corrected chi connectivity index (χ4v) is 1.68. The van der Waals surface area contributed by atoms with Crippen molar-refractivity contribution < 1.29 is 9.90 Å². The number of hydrogen-bond acceptors (Lipinski definition) is 3. The third kappa shape index (κ3) is 2.55. The highest BCUT2D eigenvalue weighted by molar-refractivity contribution is 14.1. The van der Waals surface area contributed by atoms with Gasteiger partial charge in [0.1, 0.15) is 8.30 Å². The molecule has 12 heavy (non-hydrogen) atoms. The molecule has 1 aromatic heterocycles. The van der Waals surface area contributed by atoms with Gasteiger partial charge in [-0.3, -0.25) is 5.32 Å². The molecule has 1 amide bonds. The van der Waals surface area contributed by atoms with Gasteiger partial charge in [-0.15, -0.1) is 0 Å². The predicted octanol–water partition coefficient (Wildman–Crippen LogP) is 1.93. The van der Waals surface area contributed by atoms with Crippen molar-refractivity contribution in [2.75, 3.05) is 5.32 Å². The monoisotopic (exact) mass is 343 g/mol. The minimum absolute atomic E-state index is 0.242. The molecule has 64 valence electrons. The Hall–Kier alpha value is -0.440. The summed E-state index contributed by atoms with van der Waals surface area (Å²) in [5.74, 6) is 0.242. The summed E-state index contributed by atoms with van der Waals surface area (Å²) in [7, 11) is 0. The van der Waals surface area contributed by atoms with Crippen LogP contribution in [0.1, 0.15) is 0 Å². The van der Waals surface area contributed by atoms with E-state index in [1.807, 2.05) is 22.6 Å². The Kier molecular flexibility index (Phi) is 3.20. The van der Waals surface area contributed by atoms with Gasteiger partial charge < -0.3 is 5.11 Å². The summed E-state index contributed by atoms with van der Waals surface area (Å²) in [5, 5.41) is 10.5. The van der Waals surface area contributed by atoms with E-state index in [4.69, 9.17) is 5.11 Å². The van der Waals surface area contributed by atoms with E-state index in [9.17, 15) is 4.79 Å². The first kappa shape index (κ1) is 9.65. The lowest BCUT2D eigenvalue weighted by atomic mass is 10.6. The average Bonchev–Trinajstić information content (AvgIpc) is 1.94. The number of amides is 1. The SMILES string of the molecule is O=C(O)Nc1ncc(Br)nc1I. The van der Waals surface area contributed by atoms with Gasteiger partial charge >= 0.3 is 6.09 Å². The Morgan fingerprint density at radius 1 is 1.75 bits per heavy atom. The van der Waals surface area contributed by atoms with Gasteiger partial charge in [0.05, 0.1) is 6.20 Å². The maximum Gasteiger partial charge on any atom is 0.410 e.